The molecule has 0 aromatic carbocycles. The topological polar surface area (TPSA) is 46.6 Å². The fraction of sp³-hybridized carbons (Fsp3) is 0.818. The monoisotopic (exact) mass is 213 g/mol. The van der Waals surface area contributed by atoms with E-state index >= 15 is 0 Å². The Morgan fingerprint density at radius 3 is 2.80 bits per heavy atom. The summed E-state index contributed by atoms with van der Waals surface area (Å²) in [5.41, 5.74) is 0. The number of amides is 1. The van der Waals surface area contributed by atoms with Gasteiger partial charge in [0, 0.05) is 13.2 Å². The lowest BCUT2D eigenvalue weighted by Gasteiger charge is -2.22. The van der Waals surface area contributed by atoms with E-state index in [0.717, 1.165) is 19.3 Å². The number of carbonyl (C=O) groups excluding carboxylic acids is 2. The molecule has 1 aliphatic heterocycles. The third-order valence-corrected chi connectivity index (χ3v) is 2.62. The SMILES string of the molecule is CCCOCC(=O)N1CCC[C@H]1C(C)=O. The van der Waals surface area contributed by atoms with E-state index in [9.17, 15) is 9.59 Å². The zero-order valence-corrected chi connectivity index (χ0v) is 9.49. The molecule has 1 atom stereocenters. The van der Waals surface area contributed by atoms with E-state index in [1.807, 2.05) is 6.92 Å². The number of nitrogens with zero attached hydrogens (tertiary/aromatic N) is 1. The van der Waals surface area contributed by atoms with Crippen LogP contribution in [-0.4, -0.2) is 42.4 Å². The zero-order chi connectivity index (χ0) is 11.3. The second kappa shape index (κ2) is 5.85. The number of ether oxygens (including phenoxy) is 1. The number of rotatable bonds is 5. The van der Waals surface area contributed by atoms with Gasteiger partial charge in [0.05, 0.1) is 6.04 Å². The largest absolute Gasteiger partial charge is 0.372 e. The molecule has 0 bridgehead atoms. The maximum Gasteiger partial charge on any atom is 0.249 e. The lowest BCUT2D eigenvalue weighted by atomic mass is 10.1. The molecule has 15 heavy (non-hydrogen) atoms. The van der Waals surface area contributed by atoms with Gasteiger partial charge in [-0.25, -0.2) is 0 Å². The van der Waals surface area contributed by atoms with Gasteiger partial charge in [0.25, 0.3) is 0 Å². The van der Waals surface area contributed by atoms with Crippen molar-refractivity contribution in [1.82, 2.24) is 4.90 Å². The Balaban J connectivity index is 2.40. The van der Waals surface area contributed by atoms with Gasteiger partial charge in [0.2, 0.25) is 5.91 Å². The summed E-state index contributed by atoms with van der Waals surface area (Å²) in [4.78, 5) is 24.6. The molecule has 4 nitrogen and oxygen atoms in total. The summed E-state index contributed by atoms with van der Waals surface area (Å²) >= 11 is 0. The molecule has 1 heterocycles. The van der Waals surface area contributed by atoms with Crippen LogP contribution in [0.5, 0.6) is 0 Å². The van der Waals surface area contributed by atoms with E-state index in [0.29, 0.717) is 13.2 Å². The van der Waals surface area contributed by atoms with Gasteiger partial charge >= 0.3 is 0 Å². The average Bonchev–Trinajstić information content (AvgIpc) is 2.66. The molecule has 1 saturated heterocycles. The quantitative estimate of drug-likeness (QED) is 0.640. The summed E-state index contributed by atoms with van der Waals surface area (Å²) < 4.78 is 5.18. The van der Waals surface area contributed by atoms with Crippen molar-refractivity contribution in [3.63, 3.8) is 0 Å². The predicted molar refractivity (Wildman–Crippen MR) is 56.5 cm³/mol. The first-order chi connectivity index (χ1) is 7.16. The van der Waals surface area contributed by atoms with Gasteiger partial charge < -0.3 is 9.64 Å². The average molecular weight is 213 g/mol. The molecule has 0 aromatic heterocycles. The van der Waals surface area contributed by atoms with Gasteiger partial charge in [-0.1, -0.05) is 6.92 Å². The summed E-state index contributed by atoms with van der Waals surface area (Å²) in [6.07, 6.45) is 2.63. The molecular formula is C11H19NO3. The minimum Gasteiger partial charge on any atom is -0.372 e. The third kappa shape index (κ3) is 3.30. The second-order valence-electron chi connectivity index (χ2n) is 3.91. The number of carbonyl (C=O) groups is 2. The zero-order valence-electron chi connectivity index (χ0n) is 9.49. The first-order valence-corrected chi connectivity index (χ1v) is 5.54. The highest BCUT2D eigenvalue weighted by molar-refractivity contribution is 5.88. The van der Waals surface area contributed by atoms with Gasteiger partial charge in [-0.2, -0.15) is 0 Å². The second-order valence-corrected chi connectivity index (χ2v) is 3.91. The fourth-order valence-electron chi connectivity index (χ4n) is 1.87. The molecule has 1 rings (SSSR count). The first-order valence-electron chi connectivity index (χ1n) is 5.54. The highest BCUT2D eigenvalue weighted by Gasteiger charge is 2.31. The van der Waals surface area contributed by atoms with E-state index < -0.39 is 0 Å². The molecule has 0 N–H and O–H groups in total. The highest BCUT2D eigenvalue weighted by Crippen LogP contribution is 2.17. The van der Waals surface area contributed by atoms with Gasteiger partial charge in [0.1, 0.15) is 6.61 Å². The summed E-state index contributed by atoms with van der Waals surface area (Å²) in [7, 11) is 0. The smallest absolute Gasteiger partial charge is 0.249 e. The van der Waals surface area contributed by atoms with Crippen molar-refractivity contribution in [3.8, 4) is 0 Å². The molecule has 1 amide bonds. The molecule has 0 spiro atoms. The van der Waals surface area contributed by atoms with Crippen molar-refractivity contribution < 1.29 is 14.3 Å². The van der Waals surface area contributed by atoms with Crippen LogP contribution in [0.15, 0.2) is 0 Å². The van der Waals surface area contributed by atoms with Gasteiger partial charge in [-0.15, -0.1) is 0 Å². The molecular weight excluding hydrogens is 194 g/mol. The van der Waals surface area contributed by atoms with E-state index in [1.54, 1.807) is 11.8 Å². The highest BCUT2D eigenvalue weighted by atomic mass is 16.5. The van der Waals surface area contributed by atoms with Gasteiger partial charge in [-0.05, 0) is 26.2 Å². The van der Waals surface area contributed by atoms with Crippen molar-refractivity contribution in [2.45, 2.75) is 39.2 Å². The molecule has 0 saturated carbocycles. The number of ketones is 1. The normalized spacial score (nSPS) is 20.7. The molecule has 0 aliphatic carbocycles. The molecule has 0 radical (unpaired) electrons. The summed E-state index contributed by atoms with van der Waals surface area (Å²) in [6, 6.07) is -0.206. The summed E-state index contributed by atoms with van der Waals surface area (Å²) in [5.74, 6) is 0.0255. The minimum atomic E-state index is -0.206. The van der Waals surface area contributed by atoms with E-state index in [-0.39, 0.29) is 24.3 Å². The summed E-state index contributed by atoms with van der Waals surface area (Å²) in [6.45, 7) is 4.95. The number of hydrogen-bond acceptors (Lipinski definition) is 3. The molecule has 0 unspecified atom stereocenters. The van der Waals surface area contributed by atoms with Crippen molar-refractivity contribution in [2.75, 3.05) is 19.8 Å². The van der Waals surface area contributed by atoms with Crippen LogP contribution in [-0.2, 0) is 14.3 Å². The third-order valence-electron chi connectivity index (χ3n) is 2.62. The Labute approximate surface area is 90.6 Å². The van der Waals surface area contributed by atoms with Crippen molar-refractivity contribution >= 4 is 11.7 Å². The number of likely N-dealkylation sites (tertiary alicyclic amines) is 1. The van der Waals surface area contributed by atoms with Gasteiger partial charge in [0.15, 0.2) is 5.78 Å². The molecule has 1 aliphatic rings. The van der Waals surface area contributed by atoms with Crippen LogP contribution in [0.3, 0.4) is 0 Å². The van der Waals surface area contributed by atoms with Crippen LogP contribution in [0.4, 0.5) is 0 Å². The minimum absolute atomic E-state index is 0.0545. The van der Waals surface area contributed by atoms with Crippen LogP contribution in [0, 0.1) is 0 Å². The van der Waals surface area contributed by atoms with Crippen molar-refractivity contribution in [2.24, 2.45) is 0 Å². The maximum atomic E-state index is 11.7. The van der Waals surface area contributed by atoms with Crippen LogP contribution in [0.2, 0.25) is 0 Å². The van der Waals surface area contributed by atoms with Gasteiger partial charge in [-0.3, -0.25) is 9.59 Å². The first kappa shape index (κ1) is 12.2. The molecule has 4 heteroatoms. The Hall–Kier alpha value is -0.900. The maximum absolute atomic E-state index is 11.7. The Bertz CT molecular complexity index is 240. The Morgan fingerprint density at radius 1 is 1.47 bits per heavy atom. The number of hydrogen-bond donors (Lipinski definition) is 0. The fourth-order valence-corrected chi connectivity index (χ4v) is 1.87. The predicted octanol–water partition coefficient (Wildman–Crippen LogP) is 0.993. The Kier molecular flexibility index (Phi) is 4.75. The lowest BCUT2D eigenvalue weighted by Crippen LogP contribution is -2.41. The van der Waals surface area contributed by atoms with Crippen LogP contribution >= 0.6 is 0 Å². The van der Waals surface area contributed by atoms with Crippen LogP contribution < -0.4 is 0 Å². The molecule has 0 aromatic rings. The standard InChI is InChI=1S/C11H19NO3/c1-3-7-15-8-11(14)12-6-4-5-10(12)9(2)13/h10H,3-8H2,1-2H3/t10-/m0/s1. The Morgan fingerprint density at radius 2 is 2.20 bits per heavy atom. The van der Waals surface area contributed by atoms with E-state index in [2.05, 4.69) is 0 Å². The van der Waals surface area contributed by atoms with E-state index in [1.165, 1.54) is 0 Å². The number of Topliss-reactive ketones (excluding diaryl/α,β-unsaturated/α-hetero) is 1. The lowest BCUT2D eigenvalue weighted by molar-refractivity contribution is -0.140. The van der Waals surface area contributed by atoms with Crippen molar-refractivity contribution in [3.05, 3.63) is 0 Å². The molecule has 86 valence electrons. The van der Waals surface area contributed by atoms with Crippen molar-refractivity contribution in [1.29, 1.82) is 0 Å². The molecule has 1 fully saturated rings. The van der Waals surface area contributed by atoms with E-state index in [4.69, 9.17) is 4.74 Å². The van der Waals surface area contributed by atoms with Crippen LogP contribution in [0.25, 0.3) is 0 Å². The van der Waals surface area contributed by atoms with Crippen LogP contribution in [0.1, 0.15) is 33.1 Å². The summed E-state index contributed by atoms with van der Waals surface area (Å²) in [5, 5.41) is 0.